The van der Waals surface area contributed by atoms with Crippen LogP contribution in [0.1, 0.15) is 49.9 Å². The van der Waals surface area contributed by atoms with Crippen LogP contribution in [-0.2, 0) is 14.8 Å². The number of amides is 1. The Morgan fingerprint density at radius 3 is 2.36 bits per heavy atom. The number of hydrogen-bond acceptors (Lipinski definition) is 4. The number of benzene rings is 1. The zero-order chi connectivity index (χ0) is 18.6. The standard InChI is InChI=1S/C18H26N2O4S/c1-13(15-6-7-15)19-18(22)5-4-12-20(3)25(23,24)17-10-8-16(9-11-17)14(2)21/h8-11,13,15H,4-7,12H2,1-3H3,(H,19,22). The second-order valence-electron chi connectivity index (χ2n) is 6.70. The largest absolute Gasteiger partial charge is 0.353 e. The number of sulfonamides is 1. The number of carbonyl (C=O) groups excluding carboxylic acids is 2. The molecule has 0 aliphatic heterocycles. The predicted octanol–water partition coefficient (Wildman–Crippen LogP) is 2.20. The summed E-state index contributed by atoms with van der Waals surface area (Å²) < 4.78 is 26.3. The molecular weight excluding hydrogens is 340 g/mol. The average molecular weight is 366 g/mol. The van der Waals surface area contributed by atoms with E-state index in [1.54, 1.807) is 0 Å². The predicted molar refractivity (Wildman–Crippen MR) is 95.8 cm³/mol. The van der Waals surface area contributed by atoms with E-state index in [9.17, 15) is 18.0 Å². The Morgan fingerprint density at radius 2 is 1.84 bits per heavy atom. The molecule has 1 fully saturated rings. The summed E-state index contributed by atoms with van der Waals surface area (Å²) in [6.45, 7) is 3.71. The molecule has 1 amide bonds. The van der Waals surface area contributed by atoms with E-state index in [0.29, 0.717) is 24.3 Å². The lowest BCUT2D eigenvalue weighted by Gasteiger charge is -2.18. The van der Waals surface area contributed by atoms with Crippen molar-refractivity contribution in [1.29, 1.82) is 0 Å². The second-order valence-corrected chi connectivity index (χ2v) is 8.75. The maximum absolute atomic E-state index is 12.5. The molecule has 1 unspecified atom stereocenters. The highest BCUT2D eigenvalue weighted by Gasteiger charge is 2.28. The van der Waals surface area contributed by atoms with Gasteiger partial charge in [-0.2, -0.15) is 0 Å². The van der Waals surface area contributed by atoms with E-state index in [2.05, 4.69) is 5.32 Å². The number of nitrogens with zero attached hydrogens (tertiary/aromatic N) is 1. The maximum atomic E-state index is 12.5. The fourth-order valence-corrected chi connectivity index (χ4v) is 3.87. The van der Waals surface area contributed by atoms with Gasteiger partial charge in [0.1, 0.15) is 0 Å². The van der Waals surface area contributed by atoms with Crippen molar-refractivity contribution in [3.05, 3.63) is 29.8 Å². The summed E-state index contributed by atoms with van der Waals surface area (Å²) in [7, 11) is -2.12. The van der Waals surface area contributed by atoms with E-state index in [-0.39, 0.29) is 29.2 Å². The molecule has 1 aromatic rings. The van der Waals surface area contributed by atoms with E-state index >= 15 is 0 Å². The number of carbonyl (C=O) groups is 2. The van der Waals surface area contributed by atoms with Gasteiger partial charge < -0.3 is 5.32 Å². The molecule has 1 aliphatic rings. The molecule has 0 aromatic heterocycles. The van der Waals surface area contributed by atoms with Crippen molar-refractivity contribution >= 4 is 21.7 Å². The summed E-state index contributed by atoms with van der Waals surface area (Å²) in [5.41, 5.74) is 0.475. The molecule has 25 heavy (non-hydrogen) atoms. The van der Waals surface area contributed by atoms with Gasteiger partial charge in [0.2, 0.25) is 15.9 Å². The van der Waals surface area contributed by atoms with Crippen LogP contribution in [0.4, 0.5) is 0 Å². The van der Waals surface area contributed by atoms with E-state index in [1.807, 2.05) is 6.92 Å². The Hall–Kier alpha value is -1.73. The molecule has 0 bridgehead atoms. The van der Waals surface area contributed by atoms with Crippen LogP contribution in [0.2, 0.25) is 0 Å². The Kier molecular flexibility index (Phi) is 6.35. The molecular formula is C18H26N2O4S. The topological polar surface area (TPSA) is 83.6 Å². The molecule has 7 heteroatoms. The van der Waals surface area contributed by atoms with Crippen LogP contribution >= 0.6 is 0 Å². The molecule has 138 valence electrons. The molecule has 0 radical (unpaired) electrons. The summed E-state index contributed by atoms with van der Waals surface area (Å²) in [6.07, 6.45) is 3.11. The van der Waals surface area contributed by atoms with Gasteiger partial charge in [-0.25, -0.2) is 12.7 Å². The summed E-state index contributed by atoms with van der Waals surface area (Å²) in [6, 6.07) is 6.10. The van der Waals surface area contributed by atoms with Crippen LogP contribution in [0.3, 0.4) is 0 Å². The van der Waals surface area contributed by atoms with Crippen molar-refractivity contribution in [3.63, 3.8) is 0 Å². The average Bonchev–Trinajstić information content (AvgIpc) is 3.39. The van der Waals surface area contributed by atoms with E-state index in [1.165, 1.54) is 55.4 Å². The van der Waals surface area contributed by atoms with E-state index in [4.69, 9.17) is 0 Å². The molecule has 0 spiro atoms. The summed E-state index contributed by atoms with van der Waals surface area (Å²) >= 11 is 0. The SMILES string of the molecule is CC(=O)c1ccc(S(=O)(=O)N(C)CCCC(=O)NC(C)C2CC2)cc1. The van der Waals surface area contributed by atoms with Gasteiger partial charge in [-0.3, -0.25) is 9.59 Å². The van der Waals surface area contributed by atoms with Gasteiger partial charge in [-0.05, 0) is 51.2 Å². The van der Waals surface area contributed by atoms with Gasteiger partial charge in [0.15, 0.2) is 5.78 Å². The van der Waals surface area contributed by atoms with Crippen molar-refractivity contribution < 1.29 is 18.0 Å². The van der Waals surface area contributed by atoms with Crippen LogP contribution in [-0.4, -0.2) is 44.0 Å². The van der Waals surface area contributed by atoms with Crippen molar-refractivity contribution in [1.82, 2.24) is 9.62 Å². The fraction of sp³-hybridized carbons (Fsp3) is 0.556. The molecule has 2 rings (SSSR count). The minimum absolute atomic E-state index is 0.0315. The summed E-state index contributed by atoms with van der Waals surface area (Å²) in [4.78, 5) is 23.3. The summed E-state index contributed by atoms with van der Waals surface area (Å²) in [5, 5.41) is 2.96. The summed E-state index contributed by atoms with van der Waals surface area (Å²) in [5.74, 6) is 0.463. The van der Waals surface area contributed by atoms with Gasteiger partial charge in [-0.1, -0.05) is 12.1 Å². The maximum Gasteiger partial charge on any atom is 0.242 e. The highest BCUT2D eigenvalue weighted by Crippen LogP contribution is 2.32. The van der Waals surface area contributed by atoms with Crippen LogP contribution in [0.25, 0.3) is 0 Å². The van der Waals surface area contributed by atoms with Crippen molar-refractivity contribution in [2.24, 2.45) is 5.92 Å². The van der Waals surface area contributed by atoms with Gasteiger partial charge in [0, 0.05) is 31.6 Å². The monoisotopic (exact) mass is 366 g/mol. The number of rotatable bonds is 9. The third-order valence-electron chi connectivity index (χ3n) is 4.56. The molecule has 0 saturated heterocycles. The zero-order valence-corrected chi connectivity index (χ0v) is 15.8. The van der Waals surface area contributed by atoms with Crippen molar-refractivity contribution in [2.45, 2.75) is 50.5 Å². The fourth-order valence-electron chi connectivity index (χ4n) is 2.66. The molecule has 1 atom stereocenters. The molecule has 6 nitrogen and oxygen atoms in total. The lowest BCUT2D eigenvalue weighted by Crippen LogP contribution is -2.34. The van der Waals surface area contributed by atoms with Gasteiger partial charge in [0.25, 0.3) is 0 Å². The number of Topliss-reactive ketones (excluding diaryl/α,β-unsaturated/α-hetero) is 1. The van der Waals surface area contributed by atoms with Gasteiger partial charge in [0.05, 0.1) is 4.90 Å². The van der Waals surface area contributed by atoms with Gasteiger partial charge >= 0.3 is 0 Å². The van der Waals surface area contributed by atoms with Crippen LogP contribution in [0, 0.1) is 5.92 Å². The lowest BCUT2D eigenvalue weighted by atomic mass is 10.2. The minimum Gasteiger partial charge on any atom is -0.353 e. The first-order valence-electron chi connectivity index (χ1n) is 8.58. The molecule has 1 saturated carbocycles. The lowest BCUT2D eigenvalue weighted by molar-refractivity contribution is -0.121. The zero-order valence-electron chi connectivity index (χ0n) is 15.0. The third kappa shape index (κ3) is 5.37. The minimum atomic E-state index is -3.62. The van der Waals surface area contributed by atoms with Crippen LogP contribution in [0.5, 0.6) is 0 Å². The normalized spacial score (nSPS) is 15.8. The third-order valence-corrected chi connectivity index (χ3v) is 6.43. The highest BCUT2D eigenvalue weighted by atomic mass is 32.2. The first-order valence-corrected chi connectivity index (χ1v) is 10.0. The first kappa shape index (κ1) is 19.6. The highest BCUT2D eigenvalue weighted by molar-refractivity contribution is 7.89. The molecule has 1 aromatic carbocycles. The molecule has 1 aliphatic carbocycles. The van der Waals surface area contributed by atoms with Gasteiger partial charge in [-0.15, -0.1) is 0 Å². The molecule has 0 heterocycles. The number of ketones is 1. The smallest absolute Gasteiger partial charge is 0.242 e. The number of hydrogen-bond donors (Lipinski definition) is 1. The first-order chi connectivity index (χ1) is 11.7. The Morgan fingerprint density at radius 1 is 1.24 bits per heavy atom. The second kappa shape index (κ2) is 8.10. The van der Waals surface area contributed by atoms with Crippen molar-refractivity contribution in [3.8, 4) is 0 Å². The quantitative estimate of drug-likeness (QED) is 0.679. The Balaban J connectivity index is 1.84. The number of nitrogens with one attached hydrogen (secondary N) is 1. The van der Waals surface area contributed by atoms with Crippen LogP contribution in [0.15, 0.2) is 29.2 Å². The Bertz CT molecular complexity index is 724. The van der Waals surface area contributed by atoms with Crippen molar-refractivity contribution in [2.75, 3.05) is 13.6 Å². The molecule has 1 N–H and O–H groups in total. The van der Waals surface area contributed by atoms with Crippen LogP contribution < -0.4 is 5.32 Å². The van der Waals surface area contributed by atoms with E-state index < -0.39 is 10.0 Å². The Labute approximate surface area is 149 Å². The van der Waals surface area contributed by atoms with E-state index in [0.717, 1.165) is 0 Å².